The number of para-hydroxylation sites is 1. The summed E-state index contributed by atoms with van der Waals surface area (Å²) in [4.78, 5) is 13.9. The zero-order chi connectivity index (χ0) is 13.3. The minimum atomic E-state index is -0.158. The van der Waals surface area contributed by atoms with Crippen molar-refractivity contribution in [2.45, 2.75) is 6.92 Å². The number of benzene rings is 1. The number of rotatable bonds is 3. The summed E-state index contributed by atoms with van der Waals surface area (Å²) < 4.78 is 2.03. The van der Waals surface area contributed by atoms with E-state index in [1.807, 2.05) is 49.0 Å². The molecule has 1 heterocycles. The van der Waals surface area contributed by atoms with Crippen LogP contribution in [0, 0.1) is 5.92 Å². The normalized spacial score (nSPS) is 12.7. The van der Waals surface area contributed by atoms with Crippen LogP contribution in [0.5, 0.6) is 0 Å². The number of aromatic nitrogens is 1. The number of nitrogens with zero attached hydrogens (tertiary/aromatic N) is 2. The summed E-state index contributed by atoms with van der Waals surface area (Å²) >= 11 is 0. The SMILES string of the molecule is CC(CN)C(=O)N(C)c1cn(C)c2ccccc12. The van der Waals surface area contributed by atoms with E-state index in [9.17, 15) is 4.79 Å². The summed E-state index contributed by atoms with van der Waals surface area (Å²) in [6.07, 6.45) is 1.98. The second-order valence-electron chi connectivity index (χ2n) is 4.68. The number of fused-ring (bicyclic) bond motifs is 1. The van der Waals surface area contributed by atoms with Crippen molar-refractivity contribution in [3.05, 3.63) is 30.5 Å². The van der Waals surface area contributed by atoms with Gasteiger partial charge in [-0.25, -0.2) is 0 Å². The van der Waals surface area contributed by atoms with E-state index in [1.165, 1.54) is 0 Å². The Morgan fingerprint density at radius 3 is 2.78 bits per heavy atom. The maximum absolute atomic E-state index is 12.2. The maximum atomic E-state index is 12.2. The number of anilines is 1. The number of hydrogen-bond acceptors (Lipinski definition) is 2. The number of carbonyl (C=O) groups excluding carboxylic acids is 1. The molecule has 0 bridgehead atoms. The summed E-state index contributed by atoms with van der Waals surface area (Å²) in [6, 6.07) is 8.05. The molecule has 1 atom stereocenters. The molecule has 0 fully saturated rings. The van der Waals surface area contributed by atoms with Crippen molar-refractivity contribution in [3.63, 3.8) is 0 Å². The fourth-order valence-electron chi connectivity index (χ4n) is 2.14. The molecule has 0 radical (unpaired) electrons. The Morgan fingerprint density at radius 2 is 2.11 bits per heavy atom. The molecule has 1 amide bonds. The van der Waals surface area contributed by atoms with E-state index in [0.717, 1.165) is 16.6 Å². The van der Waals surface area contributed by atoms with Gasteiger partial charge in [-0.15, -0.1) is 0 Å². The van der Waals surface area contributed by atoms with E-state index in [-0.39, 0.29) is 11.8 Å². The molecule has 0 aliphatic rings. The van der Waals surface area contributed by atoms with Gasteiger partial charge in [0.25, 0.3) is 0 Å². The van der Waals surface area contributed by atoms with Crippen LogP contribution in [-0.2, 0) is 11.8 Å². The van der Waals surface area contributed by atoms with Crippen molar-refractivity contribution in [3.8, 4) is 0 Å². The van der Waals surface area contributed by atoms with Crippen LogP contribution in [0.15, 0.2) is 30.5 Å². The van der Waals surface area contributed by atoms with Crippen molar-refractivity contribution in [1.82, 2.24) is 4.57 Å². The lowest BCUT2D eigenvalue weighted by atomic mass is 10.1. The van der Waals surface area contributed by atoms with Gasteiger partial charge in [-0.1, -0.05) is 25.1 Å². The first-order valence-electron chi connectivity index (χ1n) is 6.08. The van der Waals surface area contributed by atoms with Crippen molar-refractivity contribution >= 4 is 22.5 Å². The Balaban J connectivity index is 2.45. The van der Waals surface area contributed by atoms with Gasteiger partial charge < -0.3 is 15.2 Å². The zero-order valence-corrected chi connectivity index (χ0v) is 11.1. The smallest absolute Gasteiger partial charge is 0.230 e. The molecule has 0 aliphatic heterocycles. The summed E-state index contributed by atoms with van der Waals surface area (Å²) in [6.45, 7) is 2.22. The first kappa shape index (κ1) is 12.6. The maximum Gasteiger partial charge on any atom is 0.230 e. The van der Waals surface area contributed by atoms with Gasteiger partial charge in [0.05, 0.1) is 5.69 Å². The molecule has 1 unspecified atom stereocenters. The van der Waals surface area contributed by atoms with Crippen LogP contribution in [-0.4, -0.2) is 24.1 Å². The van der Waals surface area contributed by atoms with E-state index in [1.54, 1.807) is 11.9 Å². The van der Waals surface area contributed by atoms with Crippen molar-refractivity contribution < 1.29 is 4.79 Å². The second kappa shape index (κ2) is 4.82. The molecular formula is C14H19N3O. The largest absolute Gasteiger partial charge is 0.348 e. The molecule has 18 heavy (non-hydrogen) atoms. The van der Waals surface area contributed by atoms with E-state index in [4.69, 9.17) is 5.73 Å². The van der Waals surface area contributed by atoms with Gasteiger partial charge in [0.1, 0.15) is 0 Å². The number of hydrogen-bond donors (Lipinski definition) is 1. The summed E-state index contributed by atoms with van der Waals surface area (Å²) in [5.41, 5.74) is 7.60. The van der Waals surface area contributed by atoms with Crippen LogP contribution in [0.1, 0.15) is 6.92 Å². The highest BCUT2D eigenvalue weighted by Gasteiger charge is 2.20. The van der Waals surface area contributed by atoms with E-state index in [0.29, 0.717) is 6.54 Å². The Morgan fingerprint density at radius 1 is 1.44 bits per heavy atom. The molecular weight excluding hydrogens is 226 g/mol. The molecule has 0 saturated heterocycles. The van der Waals surface area contributed by atoms with Crippen molar-refractivity contribution in [2.75, 3.05) is 18.5 Å². The molecule has 0 spiro atoms. The van der Waals surface area contributed by atoms with Gasteiger partial charge in [-0.05, 0) is 6.07 Å². The monoisotopic (exact) mass is 245 g/mol. The predicted molar refractivity (Wildman–Crippen MR) is 74.5 cm³/mol. The first-order chi connectivity index (χ1) is 8.56. The van der Waals surface area contributed by atoms with Gasteiger partial charge >= 0.3 is 0 Å². The molecule has 2 N–H and O–H groups in total. The van der Waals surface area contributed by atoms with E-state index < -0.39 is 0 Å². The summed E-state index contributed by atoms with van der Waals surface area (Å²) in [7, 11) is 3.78. The van der Waals surface area contributed by atoms with Gasteiger partial charge in [0.15, 0.2) is 0 Å². The third kappa shape index (κ3) is 1.99. The lowest BCUT2D eigenvalue weighted by Crippen LogP contribution is -2.34. The highest BCUT2D eigenvalue weighted by atomic mass is 16.2. The highest BCUT2D eigenvalue weighted by molar-refractivity contribution is 6.03. The Labute approximate surface area is 107 Å². The molecule has 1 aromatic carbocycles. The van der Waals surface area contributed by atoms with Gasteiger partial charge in [0, 0.05) is 43.7 Å². The average molecular weight is 245 g/mol. The summed E-state index contributed by atoms with van der Waals surface area (Å²) in [5, 5.41) is 1.08. The van der Waals surface area contributed by atoms with Crippen molar-refractivity contribution in [1.29, 1.82) is 0 Å². The van der Waals surface area contributed by atoms with Gasteiger partial charge in [-0.3, -0.25) is 4.79 Å². The fourth-order valence-corrected chi connectivity index (χ4v) is 2.14. The molecule has 1 aromatic heterocycles. The number of aryl methyl sites for hydroxylation is 1. The third-order valence-corrected chi connectivity index (χ3v) is 3.34. The standard InChI is InChI=1S/C14H19N3O/c1-10(8-15)14(18)17(3)13-9-16(2)12-7-5-4-6-11(12)13/h4-7,9-10H,8,15H2,1-3H3. The first-order valence-corrected chi connectivity index (χ1v) is 6.08. The topological polar surface area (TPSA) is 51.3 Å². The predicted octanol–water partition coefficient (Wildman–Crippen LogP) is 1.74. The second-order valence-corrected chi connectivity index (χ2v) is 4.68. The van der Waals surface area contributed by atoms with Crippen molar-refractivity contribution in [2.24, 2.45) is 18.7 Å². The van der Waals surface area contributed by atoms with E-state index >= 15 is 0 Å². The molecule has 2 aromatic rings. The molecule has 96 valence electrons. The van der Waals surface area contributed by atoms with Gasteiger partial charge in [0.2, 0.25) is 5.91 Å². The molecule has 0 aliphatic carbocycles. The molecule has 4 nitrogen and oxygen atoms in total. The number of carbonyl (C=O) groups is 1. The zero-order valence-electron chi connectivity index (χ0n) is 11.1. The molecule has 4 heteroatoms. The van der Waals surface area contributed by atoms with Crippen LogP contribution in [0.3, 0.4) is 0 Å². The Hall–Kier alpha value is -1.81. The minimum absolute atomic E-state index is 0.0499. The van der Waals surface area contributed by atoms with E-state index in [2.05, 4.69) is 0 Å². The molecule has 0 saturated carbocycles. The Kier molecular flexibility index (Phi) is 3.39. The average Bonchev–Trinajstić information content (AvgIpc) is 2.74. The number of nitrogens with two attached hydrogens (primary N) is 1. The van der Waals surface area contributed by atoms with Gasteiger partial charge in [-0.2, -0.15) is 0 Å². The lowest BCUT2D eigenvalue weighted by Gasteiger charge is -2.19. The number of amides is 1. The van der Waals surface area contributed by atoms with Crippen LogP contribution >= 0.6 is 0 Å². The third-order valence-electron chi connectivity index (χ3n) is 3.34. The minimum Gasteiger partial charge on any atom is -0.348 e. The lowest BCUT2D eigenvalue weighted by molar-refractivity contribution is -0.121. The van der Waals surface area contributed by atoms with Crippen LogP contribution in [0.2, 0.25) is 0 Å². The summed E-state index contributed by atoms with van der Waals surface area (Å²) in [5.74, 6) is -0.108. The quantitative estimate of drug-likeness (QED) is 0.895. The Bertz CT molecular complexity index is 573. The highest BCUT2D eigenvalue weighted by Crippen LogP contribution is 2.28. The van der Waals surface area contributed by atoms with Crippen LogP contribution in [0.4, 0.5) is 5.69 Å². The fraction of sp³-hybridized carbons (Fsp3) is 0.357. The van der Waals surface area contributed by atoms with Crippen LogP contribution < -0.4 is 10.6 Å². The van der Waals surface area contributed by atoms with Crippen LogP contribution in [0.25, 0.3) is 10.9 Å². The molecule has 2 rings (SSSR count).